The highest BCUT2D eigenvalue weighted by atomic mass is 16.1. The van der Waals surface area contributed by atoms with E-state index in [1.807, 2.05) is 6.07 Å². The quantitative estimate of drug-likeness (QED) is 0.630. The molecular weight excluding hydrogens is 182 g/mol. The van der Waals surface area contributed by atoms with Gasteiger partial charge in [0.2, 0.25) is 5.91 Å². The van der Waals surface area contributed by atoms with E-state index in [9.17, 15) is 4.79 Å². The number of nitrogens with one attached hydrogen (secondary N) is 2. The number of anilines is 1. The first kappa shape index (κ1) is 10.1. The predicted molar refractivity (Wildman–Crippen MR) is 50.3 cm³/mol. The zero-order valence-corrected chi connectivity index (χ0v) is 7.82. The first-order chi connectivity index (χ1) is 6.72. The Bertz CT molecular complexity index is 351. The molecule has 0 fully saturated rings. The Morgan fingerprint density at radius 2 is 2.57 bits per heavy atom. The average Bonchev–Trinajstić information content (AvgIpc) is 2.58. The maximum atomic E-state index is 11.0. The highest BCUT2D eigenvalue weighted by Crippen LogP contribution is 1.98. The van der Waals surface area contributed by atoms with Crippen molar-refractivity contribution in [2.75, 3.05) is 18.4 Å². The van der Waals surface area contributed by atoms with Crippen LogP contribution < -0.4 is 10.6 Å². The van der Waals surface area contributed by atoms with Gasteiger partial charge >= 0.3 is 0 Å². The minimum atomic E-state index is -0.225. The summed E-state index contributed by atoms with van der Waals surface area (Å²) in [7, 11) is 1.79. The van der Waals surface area contributed by atoms with Gasteiger partial charge in [-0.2, -0.15) is 10.4 Å². The lowest BCUT2D eigenvalue weighted by Gasteiger charge is -2.01. The summed E-state index contributed by atoms with van der Waals surface area (Å²) in [4.78, 5) is 11.0. The topological polar surface area (TPSA) is 82.7 Å². The Morgan fingerprint density at radius 1 is 1.79 bits per heavy atom. The van der Waals surface area contributed by atoms with Gasteiger partial charge in [-0.15, -0.1) is 0 Å². The van der Waals surface area contributed by atoms with Gasteiger partial charge in [-0.1, -0.05) is 0 Å². The molecule has 0 bridgehead atoms. The van der Waals surface area contributed by atoms with Gasteiger partial charge in [-0.3, -0.25) is 9.48 Å². The van der Waals surface area contributed by atoms with Crippen molar-refractivity contribution in [2.24, 2.45) is 7.05 Å². The fourth-order valence-electron chi connectivity index (χ4n) is 0.881. The van der Waals surface area contributed by atoms with Crippen molar-refractivity contribution in [3.05, 3.63) is 12.3 Å². The second-order valence-corrected chi connectivity index (χ2v) is 2.66. The molecule has 1 aromatic rings. The normalized spacial score (nSPS) is 9.14. The minimum absolute atomic E-state index is 0.0305. The number of nitrogens with zero attached hydrogens (tertiary/aromatic N) is 3. The van der Waals surface area contributed by atoms with Crippen molar-refractivity contribution < 1.29 is 4.79 Å². The summed E-state index contributed by atoms with van der Waals surface area (Å²) < 4.78 is 1.63. The van der Waals surface area contributed by atoms with Crippen molar-refractivity contribution in [2.45, 2.75) is 0 Å². The Balaban J connectivity index is 2.27. The summed E-state index contributed by atoms with van der Waals surface area (Å²) in [6, 6.07) is 3.58. The lowest BCUT2D eigenvalue weighted by atomic mass is 10.5. The maximum absolute atomic E-state index is 11.0. The van der Waals surface area contributed by atoms with Gasteiger partial charge in [0.15, 0.2) is 0 Å². The summed E-state index contributed by atoms with van der Waals surface area (Å²) >= 11 is 0. The lowest BCUT2D eigenvalue weighted by molar-refractivity contribution is -0.119. The molecule has 0 aliphatic heterocycles. The summed E-state index contributed by atoms with van der Waals surface area (Å²) in [6.45, 7) is 0.154. The van der Waals surface area contributed by atoms with Crippen molar-refractivity contribution in [1.82, 2.24) is 15.1 Å². The molecule has 0 atom stereocenters. The van der Waals surface area contributed by atoms with E-state index in [-0.39, 0.29) is 19.0 Å². The lowest BCUT2D eigenvalue weighted by Crippen LogP contribution is -2.30. The monoisotopic (exact) mass is 193 g/mol. The SMILES string of the molecule is Cn1ccc(NCC(=O)NCC#N)n1. The molecule has 0 unspecified atom stereocenters. The molecule has 74 valence electrons. The fraction of sp³-hybridized carbons (Fsp3) is 0.375. The number of hydrogen-bond donors (Lipinski definition) is 2. The standard InChI is InChI=1S/C8H11N5O/c1-13-5-2-7(12-13)11-6-8(14)10-4-3-9/h2,5H,4,6H2,1H3,(H,10,14)(H,11,12). The van der Waals surface area contributed by atoms with Crippen LogP contribution in [-0.4, -0.2) is 28.8 Å². The van der Waals surface area contributed by atoms with E-state index in [0.717, 1.165) is 0 Å². The van der Waals surface area contributed by atoms with E-state index < -0.39 is 0 Å². The second kappa shape index (κ2) is 4.87. The summed E-state index contributed by atoms with van der Waals surface area (Å²) in [5.74, 6) is 0.414. The van der Waals surface area contributed by atoms with Gasteiger partial charge in [0.25, 0.3) is 0 Å². The smallest absolute Gasteiger partial charge is 0.240 e. The van der Waals surface area contributed by atoms with Crippen molar-refractivity contribution >= 4 is 11.7 Å². The Labute approximate surface area is 81.5 Å². The Morgan fingerprint density at radius 3 is 3.14 bits per heavy atom. The molecule has 0 spiro atoms. The van der Waals surface area contributed by atoms with Gasteiger partial charge in [0.1, 0.15) is 12.4 Å². The third-order valence-corrected chi connectivity index (χ3v) is 1.51. The number of carbonyl (C=O) groups is 1. The number of aromatic nitrogens is 2. The molecule has 1 heterocycles. The summed E-state index contributed by atoms with van der Waals surface area (Å²) in [5, 5.41) is 17.5. The molecule has 6 heteroatoms. The molecule has 0 saturated carbocycles. The van der Waals surface area contributed by atoms with Gasteiger partial charge in [0, 0.05) is 19.3 Å². The van der Waals surface area contributed by atoms with Crippen LogP contribution >= 0.6 is 0 Å². The van der Waals surface area contributed by atoms with Gasteiger partial charge in [-0.25, -0.2) is 0 Å². The number of nitriles is 1. The van der Waals surface area contributed by atoms with Crippen LogP contribution in [0, 0.1) is 11.3 Å². The van der Waals surface area contributed by atoms with E-state index in [4.69, 9.17) is 5.26 Å². The van der Waals surface area contributed by atoms with Crippen LogP contribution in [0.15, 0.2) is 12.3 Å². The number of hydrogen-bond acceptors (Lipinski definition) is 4. The van der Waals surface area contributed by atoms with Crippen LogP contribution in [-0.2, 0) is 11.8 Å². The molecule has 0 saturated heterocycles. The zero-order valence-electron chi connectivity index (χ0n) is 7.82. The largest absolute Gasteiger partial charge is 0.360 e. The summed E-state index contributed by atoms with van der Waals surface area (Å²) in [5.41, 5.74) is 0. The Kier molecular flexibility index (Phi) is 3.49. The number of aryl methyl sites for hydroxylation is 1. The minimum Gasteiger partial charge on any atom is -0.360 e. The van der Waals surface area contributed by atoms with Gasteiger partial charge in [-0.05, 0) is 0 Å². The molecule has 2 N–H and O–H groups in total. The third kappa shape index (κ3) is 3.15. The molecule has 0 radical (unpaired) electrons. The molecule has 1 aromatic heterocycles. The molecule has 0 aliphatic carbocycles. The van der Waals surface area contributed by atoms with Crippen LogP contribution in [0.2, 0.25) is 0 Å². The zero-order chi connectivity index (χ0) is 10.4. The van der Waals surface area contributed by atoms with E-state index in [1.54, 1.807) is 24.0 Å². The van der Waals surface area contributed by atoms with Crippen LogP contribution in [0.5, 0.6) is 0 Å². The van der Waals surface area contributed by atoms with E-state index in [2.05, 4.69) is 15.7 Å². The average molecular weight is 193 g/mol. The summed E-state index contributed by atoms with van der Waals surface area (Å²) in [6.07, 6.45) is 1.77. The highest BCUT2D eigenvalue weighted by molar-refractivity contribution is 5.80. The first-order valence-corrected chi connectivity index (χ1v) is 4.09. The number of rotatable bonds is 4. The van der Waals surface area contributed by atoms with Crippen LogP contribution in [0.3, 0.4) is 0 Å². The maximum Gasteiger partial charge on any atom is 0.240 e. The van der Waals surface area contributed by atoms with Crippen LogP contribution in [0.4, 0.5) is 5.82 Å². The molecule has 1 rings (SSSR count). The highest BCUT2D eigenvalue weighted by Gasteiger charge is 2.00. The fourth-order valence-corrected chi connectivity index (χ4v) is 0.881. The molecular formula is C8H11N5O. The van der Waals surface area contributed by atoms with Crippen molar-refractivity contribution in [1.29, 1.82) is 5.26 Å². The molecule has 14 heavy (non-hydrogen) atoms. The van der Waals surface area contributed by atoms with Gasteiger partial charge in [0.05, 0.1) is 12.6 Å². The Hall–Kier alpha value is -2.03. The van der Waals surface area contributed by atoms with Crippen molar-refractivity contribution in [3.63, 3.8) is 0 Å². The van der Waals surface area contributed by atoms with Crippen LogP contribution in [0.25, 0.3) is 0 Å². The third-order valence-electron chi connectivity index (χ3n) is 1.51. The van der Waals surface area contributed by atoms with E-state index in [0.29, 0.717) is 5.82 Å². The first-order valence-electron chi connectivity index (χ1n) is 4.09. The van der Waals surface area contributed by atoms with Crippen molar-refractivity contribution in [3.8, 4) is 6.07 Å². The molecule has 6 nitrogen and oxygen atoms in total. The predicted octanol–water partition coefficient (Wildman–Crippen LogP) is -0.528. The van der Waals surface area contributed by atoms with E-state index in [1.165, 1.54) is 0 Å². The van der Waals surface area contributed by atoms with Crippen LogP contribution in [0.1, 0.15) is 0 Å². The molecule has 1 amide bonds. The van der Waals surface area contributed by atoms with E-state index >= 15 is 0 Å². The second-order valence-electron chi connectivity index (χ2n) is 2.66. The molecule has 0 aliphatic rings. The number of carbonyl (C=O) groups excluding carboxylic acids is 1. The van der Waals surface area contributed by atoms with Gasteiger partial charge < -0.3 is 10.6 Å². The number of amides is 1. The molecule has 0 aromatic carbocycles.